The average Bonchev–Trinajstić information content (AvgIpc) is 3.07. The van der Waals surface area contributed by atoms with Crippen molar-refractivity contribution in [3.63, 3.8) is 0 Å². The van der Waals surface area contributed by atoms with Crippen LogP contribution in [0.4, 0.5) is 0 Å². The van der Waals surface area contributed by atoms with Gasteiger partial charge >= 0.3 is 0 Å². The van der Waals surface area contributed by atoms with Crippen LogP contribution < -0.4 is 10.5 Å². The first-order valence-electron chi connectivity index (χ1n) is 7.21. The van der Waals surface area contributed by atoms with Gasteiger partial charge in [0.2, 0.25) is 0 Å². The van der Waals surface area contributed by atoms with Crippen LogP contribution in [0.3, 0.4) is 0 Å². The van der Waals surface area contributed by atoms with E-state index in [-0.39, 0.29) is 5.41 Å². The number of nitrogens with two attached hydrogens (primary N) is 1. The van der Waals surface area contributed by atoms with Crippen molar-refractivity contribution in [3.8, 4) is 5.75 Å². The second-order valence-electron chi connectivity index (χ2n) is 6.20. The SMILES string of the molecule is COc1cccc(C(O)C2(CN)CC3CCC2C3)c1. The molecule has 19 heavy (non-hydrogen) atoms. The Hall–Kier alpha value is -1.06. The molecule has 3 nitrogen and oxygen atoms in total. The van der Waals surface area contributed by atoms with E-state index in [0.29, 0.717) is 12.5 Å². The van der Waals surface area contributed by atoms with Gasteiger partial charge in [-0.2, -0.15) is 0 Å². The molecule has 2 fully saturated rings. The molecule has 4 atom stereocenters. The first-order chi connectivity index (χ1) is 9.19. The standard InChI is InChI=1S/C16H23NO2/c1-19-14-4-2-3-12(8-14)15(18)16(10-17)9-11-5-6-13(16)7-11/h2-4,8,11,13,15,18H,5-7,9-10,17H2,1H3. The minimum absolute atomic E-state index is 0.116. The average molecular weight is 261 g/mol. The smallest absolute Gasteiger partial charge is 0.119 e. The van der Waals surface area contributed by atoms with Crippen molar-refractivity contribution < 1.29 is 9.84 Å². The summed E-state index contributed by atoms with van der Waals surface area (Å²) >= 11 is 0. The van der Waals surface area contributed by atoms with Gasteiger partial charge in [0.05, 0.1) is 13.2 Å². The minimum Gasteiger partial charge on any atom is -0.497 e. The van der Waals surface area contributed by atoms with Crippen molar-refractivity contribution in [1.29, 1.82) is 0 Å². The monoisotopic (exact) mass is 261 g/mol. The topological polar surface area (TPSA) is 55.5 Å². The van der Waals surface area contributed by atoms with Crippen LogP contribution >= 0.6 is 0 Å². The molecule has 0 saturated heterocycles. The molecule has 1 aromatic rings. The lowest BCUT2D eigenvalue weighted by molar-refractivity contribution is -0.0131. The van der Waals surface area contributed by atoms with Gasteiger partial charge < -0.3 is 15.6 Å². The molecule has 1 aromatic carbocycles. The first kappa shape index (κ1) is 12.9. The number of ether oxygens (including phenoxy) is 1. The summed E-state index contributed by atoms with van der Waals surface area (Å²) in [4.78, 5) is 0. The van der Waals surface area contributed by atoms with Crippen molar-refractivity contribution in [2.24, 2.45) is 23.0 Å². The van der Waals surface area contributed by atoms with E-state index in [1.165, 1.54) is 19.3 Å². The first-order valence-corrected chi connectivity index (χ1v) is 7.21. The van der Waals surface area contributed by atoms with Gasteiger partial charge in [-0.25, -0.2) is 0 Å². The van der Waals surface area contributed by atoms with E-state index in [2.05, 4.69) is 0 Å². The Kier molecular flexibility index (Phi) is 3.27. The summed E-state index contributed by atoms with van der Waals surface area (Å²) in [5, 5.41) is 10.9. The molecular weight excluding hydrogens is 238 g/mol. The molecule has 3 rings (SSSR count). The van der Waals surface area contributed by atoms with Gasteiger partial charge in [0.1, 0.15) is 5.75 Å². The maximum absolute atomic E-state index is 10.9. The fraction of sp³-hybridized carbons (Fsp3) is 0.625. The number of fused-ring (bicyclic) bond motifs is 2. The lowest BCUT2D eigenvalue weighted by Gasteiger charge is -2.41. The third-order valence-electron chi connectivity index (χ3n) is 5.36. The van der Waals surface area contributed by atoms with E-state index in [9.17, 15) is 5.11 Å². The Morgan fingerprint density at radius 2 is 2.32 bits per heavy atom. The zero-order chi connectivity index (χ0) is 13.5. The number of benzene rings is 1. The molecular formula is C16H23NO2. The lowest BCUT2D eigenvalue weighted by Crippen LogP contribution is -2.41. The van der Waals surface area contributed by atoms with E-state index < -0.39 is 6.10 Å². The quantitative estimate of drug-likeness (QED) is 0.875. The van der Waals surface area contributed by atoms with E-state index in [4.69, 9.17) is 10.5 Å². The van der Waals surface area contributed by atoms with Crippen molar-refractivity contribution in [1.82, 2.24) is 0 Å². The Bertz CT molecular complexity index is 462. The largest absolute Gasteiger partial charge is 0.497 e. The molecule has 0 aromatic heterocycles. The number of methoxy groups -OCH3 is 1. The third kappa shape index (κ3) is 1.96. The highest BCUT2D eigenvalue weighted by Crippen LogP contribution is 2.60. The van der Waals surface area contributed by atoms with Crippen molar-refractivity contribution >= 4 is 0 Å². The van der Waals surface area contributed by atoms with Gasteiger partial charge in [-0.15, -0.1) is 0 Å². The summed E-state index contributed by atoms with van der Waals surface area (Å²) in [6.07, 6.45) is 4.40. The zero-order valence-electron chi connectivity index (χ0n) is 11.5. The Morgan fingerprint density at radius 3 is 2.89 bits per heavy atom. The zero-order valence-corrected chi connectivity index (χ0v) is 11.5. The summed E-state index contributed by atoms with van der Waals surface area (Å²) in [5.41, 5.74) is 6.90. The number of aliphatic hydroxyl groups excluding tert-OH is 1. The van der Waals surface area contributed by atoms with Crippen LogP contribution in [-0.2, 0) is 0 Å². The van der Waals surface area contributed by atoms with Gasteiger partial charge in [0.15, 0.2) is 0 Å². The number of aliphatic hydroxyl groups is 1. The maximum Gasteiger partial charge on any atom is 0.119 e. The fourth-order valence-electron chi connectivity index (χ4n) is 4.33. The van der Waals surface area contributed by atoms with Crippen molar-refractivity contribution in [2.45, 2.75) is 31.8 Å². The summed E-state index contributed by atoms with van der Waals surface area (Å²) in [7, 11) is 1.65. The second-order valence-corrected chi connectivity index (χ2v) is 6.20. The maximum atomic E-state index is 10.9. The van der Waals surface area contributed by atoms with Crippen LogP contribution in [0.25, 0.3) is 0 Å². The second kappa shape index (κ2) is 4.80. The summed E-state index contributed by atoms with van der Waals surface area (Å²) in [5.74, 6) is 2.16. The van der Waals surface area contributed by atoms with E-state index in [1.54, 1.807) is 7.11 Å². The Morgan fingerprint density at radius 1 is 1.47 bits per heavy atom. The molecule has 2 bridgehead atoms. The molecule has 0 radical (unpaired) electrons. The van der Waals surface area contributed by atoms with Gasteiger partial charge in [0.25, 0.3) is 0 Å². The normalized spacial score (nSPS) is 34.5. The molecule has 0 amide bonds. The third-order valence-corrected chi connectivity index (χ3v) is 5.36. The molecule has 0 spiro atoms. The van der Waals surface area contributed by atoms with E-state index in [1.807, 2.05) is 24.3 Å². The Balaban J connectivity index is 1.91. The predicted molar refractivity (Wildman–Crippen MR) is 74.9 cm³/mol. The fourth-order valence-corrected chi connectivity index (χ4v) is 4.33. The van der Waals surface area contributed by atoms with Crippen LogP contribution in [0.2, 0.25) is 0 Å². The number of hydrogen-bond acceptors (Lipinski definition) is 3. The highest BCUT2D eigenvalue weighted by atomic mass is 16.5. The van der Waals surface area contributed by atoms with Crippen LogP contribution in [0.1, 0.15) is 37.4 Å². The molecule has 104 valence electrons. The summed E-state index contributed by atoms with van der Waals surface area (Å²) < 4.78 is 5.25. The molecule has 0 aliphatic heterocycles. The Labute approximate surface area is 114 Å². The number of rotatable bonds is 4. The van der Waals surface area contributed by atoms with E-state index in [0.717, 1.165) is 23.7 Å². The lowest BCUT2D eigenvalue weighted by atomic mass is 9.67. The summed E-state index contributed by atoms with van der Waals surface area (Å²) in [6.45, 7) is 0.576. The molecule has 4 unspecified atom stereocenters. The minimum atomic E-state index is -0.470. The molecule has 2 aliphatic carbocycles. The van der Waals surface area contributed by atoms with Gasteiger partial charge in [0, 0.05) is 12.0 Å². The van der Waals surface area contributed by atoms with Gasteiger partial charge in [-0.1, -0.05) is 18.6 Å². The molecule has 2 saturated carbocycles. The molecule has 2 aliphatic rings. The molecule has 3 N–H and O–H groups in total. The molecule has 3 heteroatoms. The van der Waals surface area contributed by atoms with E-state index >= 15 is 0 Å². The number of hydrogen-bond donors (Lipinski definition) is 2. The summed E-state index contributed by atoms with van der Waals surface area (Å²) in [6, 6.07) is 7.77. The molecule has 0 heterocycles. The predicted octanol–water partition coefficient (Wildman–Crippen LogP) is 2.49. The van der Waals surface area contributed by atoms with Gasteiger partial charge in [-0.05, 0) is 48.8 Å². The highest BCUT2D eigenvalue weighted by Gasteiger charge is 2.54. The van der Waals surface area contributed by atoms with Crippen LogP contribution in [0.15, 0.2) is 24.3 Å². The van der Waals surface area contributed by atoms with Crippen LogP contribution in [0, 0.1) is 17.3 Å². The highest BCUT2D eigenvalue weighted by molar-refractivity contribution is 5.31. The van der Waals surface area contributed by atoms with Gasteiger partial charge in [-0.3, -0.25) is 0 Å². The van der Waals surface area contributed by atoms with Crippen LogP contribution in [0.5, 0.6) is 5.75 Å². The van der Waals surface area contributed by atoms with Crippen LogP contribution in [-0.4, -0.2) is 18.8 Å². The van der Waals surface area contributed by atoms with Crippen molar-refractivity contribution in [2.75, 3.05) is 13.7 Å². The van der Waals surface area contributed by atoms with Crippen molar-refractivity contribution in [3.05, 3.63) is 29.8 Å².